The summed E-state index contributed by atoms with van der Waals surface area (Å²) in [6.45, 7) is 3.77. The van der Waals surface area contributed by atoms with Gasteiger partial charge in [-0.25, -0.2) is 0 Å². The van der Waals surface area contributed by atoms with Crippen LogP contribution in [0.1, 0.15) is 12.5 Å². The lowest BCUT2D eigenvalue weighted by atomic mass is 9.98. The van der Waals surface area contributed by atoms with Gasteiger partial charge in [0.05, 0.1) is 14.2 Å². The molecule has 0 heterocycles. The van der Waals surface area contributed by atoms with Crippen LogP contribution in [-0.2, 0) is 6.54 Å². The molecule has 0 saturated heterocycles. The number of halogens is 1. The molecular weight excluding hydrogens is 286 g/mol. The fourth-order valence-electron chi connectivity index (χ4n) is 2.23. The van der Waals surface area contributed by atoms with Gasteiger partial charge in [-0.15, -0.1) is 0 Å². The molecule has 0 saturated carbocycles. The van der Waals surface area contributed by atoms with Crippen molar-refractivity contribution in [1.29, 1.82) is 0 Å². The predicted octanol–water partition coefficient (Wildman–Crippen LogP) is 4.13. The van der Waals surface area contributed by atoms with Gasteiger partial charge < -0.3 is 14.8 Å². The predicted molar refractivity (Wildman–Crippen MR) is 87.4 cm³/mol. The molecule has 0 radical (unpaired) electrons. The Kier molecular flexibility index (Phi) is 5.48. The standard InChI is InChI=1S/C17H20ClNO2/c1-4-19-11-13-9-16(20-2)17(21-3)10-15(13)12-5-7-14(18)8-6-12/h5-10,19H,4,11H2,1-3H3. The number of hydrogen-bond acceptors (Lipinski definition) is 3. The summed E-state index contributed by atoms with van der Waals surface area (Å²) in [6, 6.07) is 11.8. The zero-order valence-corrected chi connectivity index (χ0v) is 13.3. The first-order valence-corrected chi connectivity index (χ1v) is 7.29. The van der Waals surface area contributed by atoms with Gasteiger partial charge in [0, 0.05) is 11.6 Å². The monoisotopic (exact) mass is 305 g/mol. The summed E-state index contributed by atoms with van der Waals surface area (Å²) in [5.41, 5.74) is 3.38. The molecule has 2 aromatic carbocycles. The molecule has 0 aliphatic rings. The fourth-order valence-corrected chi connectivity index (χ4v) is 2.35. The summed E-state index contributed by atoms with van der Waals surface area (Å²) in [5.74, 6) is 1.46. The van der Waals surface area contributed by atoms with Crippen LogP contribution in [0.2, 0.25) is 5.02 Å². The largest absolute Gasteiger partial charge is 0.493 e. The van der Waals surface area contributed by atoms with E-state index in [1.54, 1.807) is 14.2 Å². The molecule has 0 spiro atoms. The lowest BCUT2D eigenvalue weighted by Crippen LogP contribution is -2.12. The van der Waals surface area contributed by atoms with Gasteiger partial charge in [-0.3, -0.25) is 0 Å². The number of methoxy groups -OCH3 is 2. The summed E-state index contributed by atoms with van der Waals surface area (Å²) in [7, 11) is 3.30. The number of rotatable bonds is 6. The summed E-state index contributed by atoms with van der Waals surface area (Å²) < 4.78 is 10.8. The van der Waals surface area contributed by atoms with Crippen molar-refractivity contribution in [2.45, 2.75) is 13.5 Å². The molecule has 0 atom stereocenters. The molecule has 21 heavy (non-hydrogen) atoms. The molecule has 0 aliphatic carbocycles. The third kappa shape index (κ3) is 3.69. The normalized spacial score (nSPS) is 10.5. The Morgan fingerprint density at radius 1 is 1.00 bits per heavy atom. The fraction of sp³-hybridized carbons (Fsp3) is 0.294. The molecule has 0 bridgehead atoms. The first-order chi connectivity index (χ1) is 10.2. The van der Waals surface area contributed by atoms with E-state index in [-0.39, 0.29) is 0 Å². The average molecular weight is 306 g/mol. The van der Waals surface area contributed by atoms with Crippen LogP contribution in [0, 0.1) is 0 Å². The number of hydrogen-bond donors (Lipinski definition) is 1. The Hall–Kier alpha value is -1.71. The summed E-state index contributed by atoms with van der Waals surface area (Å²) in [5, 5.41) is 4.08. The number of nitrogens with one attached hydrogen (secondary N) is 1. The van der Waals surface area contributed by atoms with E-state index in [2.05, 4.69) is 12.2 Å². The van der Waals surface area contributed by atoms with Crippen molar-refractivity contribution < 1.29 is 9.47 Å². The molecule has 2 rings (SSSR count). The lowest BCUT2D eigenvalue weighted by Gasteiger charge is -2.15. The summed E-state index contributed by atoms with van der Waals surface area (Å²) in [6.07, 6.45) is 0. The quantitative estimate of drug-likeness (QED) is 0.870. The van der Waals surface area contributed by atoms with E-state index >= 15 is 0 Å². The number of benzene rings is 2. The SMILES string of the molecule is CCNCc1cc(OC)c(OC)cc1-c1ccc(Cl)cc1. The highest BCUT2D eigenvalue weighted by atomic mass is 35.5. The van der Waals surface area contributed by atoms with Crippen LogP contribution < -0.4 is 14.8 Å². The van der Waals surface area contributed by atoms with Gasteiger partial charge >= 0.3 is 0 Å². The van der Waals surface area contributed by atoms with Crippen molar-refractivity contribution in [3.63, 3.8) is 0 Å². The Balaban J connectivity index is 2.52. The topological polar surface area (TPSA) is 30.5 Å². The Labute approximate surface area is 130 Å². The summed E-state index contributed by atoms with van der Waals surface area (Å²) in [4.78, 5) is 0. The summed E-state index contributed by atoms with van der Waals surface area (Å²) >= 11 is 5.97. The minimum atomic E-state index is 0.725. The maximum Gasteiger partial charge on any atom is 0.161 e. The van der Waals surface area contributed by atoms with Crippen molar-refractivity contribution in [3.8, 4) is 22.6 Å². The minimum absolute atomic E-state index is 0.725. The average Bonchev–Trinajstić information content (AvgIpc) is 2.52. The Morgan fingerprint density at radius 2 is 1.62 bits per heavy atom. The molecule has 4 heteroatoms. The van der Waals surface area contributed by atoms with Gasteiger partial charge in [0.25, 0.3) is 0 Å². The highest BCUT2D eigenvalue weighted by Crippen LogP contribution is 2.36. The minimum Gasteiger partial charge on any atom is -0.493 e. The molecule has 0 unspecified atom stereocenters. The third-order valence-electron chi connectivity index (χ3n) is 3.33. The van der Waals surface area contributed by atoms with Crippen LogP contribution in [-0.4, -0.2) is 20.8 Å². The van der Waals surface area contributed by atoms with Crippen molar-refractivity contribution >= 4 is 11.6 Å². The van der Waals surface area contributed by atoms with Crippen molar-refractivity contribution in [3.05, 3.63) is 47.0 Å². The highest BCUT2D eigenvalue weighted by molar-refractivity contribution is 6.30. The van der Waals surface area contributed by atoms with E-state index in [1.165, 1.54) is 0 Å². The zero-order chi connectivity index (χ0) is 15.2. The maximum absolute atomic E-state index is 5.97. The van der Waals surface area contributed by atoms with Gasteiger partial charge in [0.15, 0.2) is 11.5 Å². The second kappa shape index (κ2) is 7.34. The van der Waals surface area contributed by atoms with Gasteiger partial charge in [0.2, 0.25) is 0 Å². The van der Waals surface area contributed by atoms with Gasteiger partial charge in [-0.2, -0.15) is 0 Å². The maximum atomic E-state index is 5.97. The molecule has 0 amide bonds. The lowest BCUT2D eigenvalue weighted by molar-refractivity contribution is 0.354. The molecule has 0 fully saturated rings. The van der Waals surface area contributed by atoms with Crippen molar-refractivity contribution in [2.24, 2.45) is 0 Å². The molecular formula is C17H20ClNO2. The third-order valence-corrected chi connectivity index (χ3v) is 3.58. The highest BCUT2D eigenvalue weighted by Gasteiger charge is 2.12. The van der Waals surface area contributed by atoms with E-state index in [0.29, 0.717) is 0 Å². The molecule has 0 aromatic heterocycles. The van der Waals surface area contributed by atoms with E-state index in [1.807, 2.05) is 36.4 Å². The van der Waals surface area contributed by atoms with Crippen LogP contribution in [0.25, 0.3) is 11.1 Å². The first-order valence-electron chi connectivity index (χ1n) is 6.91. The van der Waals surface area contributed by atoms with E-state index in [0.717, 1.165) is 46.3 Å². The number of ether oxygens (including phenoxy) is 2. The second-order valence-electron chi connectivity index (χ2n) is 4.65. The van der Waals surface area contributed by atoms with Gasteiger partial charge in [0.1, 0.15) is 0 Å². The van der Waals surface area contributed by atoms with E-state index in [4.69, 9.17) is 21.1 Å². The van der Waals surface area contributed by atoms with Crippen LogP contribution in [0.15, 0.2) is 36.4 Å². The Morgan fingerprint density at radius 3 is 2.19 bits per heavy atom. The van der Waals surface area contributed by atoms with E-state index in [9.17, 15) is 0 Å². The Bertz CT molecular complexity index is 596. The molecule has 112 valence electrons. The van der Waals surface area contributed by atoms with Crippen LogP contribution in [0.5, 0.6) is 11.5 Å². The van der Waals surface area contributed by atoms with E-state index < -0.39 is 0 Å². The zero-order valence-electron chi connectivity index (χ0n) is 12.6. The van der Waals surface area contributed by atoms with Crippen molar-refractivity contribution in [2.75, 3.05) is 20.8 Å². The van der Waals surface area contributed by atoms with Crippen LogP contribution in [0.4, 0.5) is 0 Å². The molecule has 1 N–H and O–H groups in total. The van der Waals surface area contributed by atoms with Gasteiger partial charge in [-0.1, -0.05) is 30.7 Å². The van der Waals surface area contributed by atoms with Crippen LogP contribution >= 0.6 is 11.6 Å². The van der Waals surface area contributed by atoms with Gasteiger partial charge in [-0.05, 0) is 47.5 Å². The smallest absolute Gasteiger partial charge is 0.161 e. The van der Waals surface area contributed by atoms with Crippen LogP contribution in [0.3, 0.4) is 0 Å². The molecule has 3 nitrogen and oxygen atoms in total. The molecule has 2 aromatic rings. The first kappa shape index (κ1) is 15.7. The van der Waals surface area contributed by atoms with Crippen molar-refractivity contribution in [1.82, 2.24) is 5.32 Å². The molecule has 0 aliphatic heterocycles. The second-order valence-corrected chi connectivity index (χ2v) is 5.09.